The lowest BCUT2D eigenvalue weighted by Crippen LogP contribution is -1.95. The van der Waals surface area contributed by atoms with Gasteiger partial charge < -0.3 is 0 Å². The zero-order valence-corrected chi connectivity index (χ0v) is 8.41. The maximum Gasteiger partial charge on any atom is 0.228 e. The van der Waals surface area contributed by atoms with Gasteiger partial charge in [0.25, 0.3) is 0 Å². The number of rotatable bonds is 1. The summed E-state index contributed by atoms with van der Waals surface area (Å²) < 4.78 is 0.951. The first-order chi connectivity index (χ1) is 4.72. The molecule has 0 N–H and O–H groups in total. The lowest BCUT2D eigenvalue weighted by atomic mass is 10.1. The van der Waals surface area contributed by atoms with Crippen LogP contribution >= 0.6 is 31.9 Å². The number of allylic oxidation sites excluding steroid dienone is 4. The van der Waals surface area contributed by atoms with E-state index < -0.39 is 0 Å². The summed E-state index contributed by atoms with van der Waals surface area (Å²) in [4.78, 5) is 10.8. The Kier molecular flexibility index (Phi) is 2.86. The van der Waals surface area contributed by atoms with Gasteiger partial charge in [-0.25, -0.2) is 0 Å². The SMILES string of the molecule is O=C(Br)C1=C(Br)CCC=C1. The Morgan fingerprint density at radius 1 is 1.60 bits per heavy atom. The highest BCUT2D eigenvalue weighted by atomic mass is 79.9. The molecule has 0 aliphatic heterocycles. The Labute approximate surface area is 76.4 Å². The highest BCUT2D eigenvalue weighted by Crippen LogP contribution is 2.25. The van der Waals surface area contributed by atoms with Crippen molar-refractivity contribution in [2.75, 3.05) is 0 Å². The average Bonchev–Trinajstić information content (AvgIpc) is 1.88. The molecule has 0 aromatic carbocycles. The molecule has 0 unspecified atom stereocenters. The van der Waals surface area contributed by atoms with Gasteiger partial charge in [-0.2, -0.15) is 0 Å². The third-order valence-corrected chi connectivity index (χ3v) is 2.57. The van der Waals surface area contributed by atoms with Gasteiger partial charge in [0.05, 0.1) is 0 Å². The van der Waals surface area contributed by atoms with E-state index in [1.54, 1.807) is 0 Å². The topological polar surface area (TPSA) is 17.1 Å². The van der Waals surface area contributed by atoms with Crippen LogP contribution in [0.5, 0.6) is 0 Å². The minimum Gasteiger partial charge on any atom is -0.281 e. The maximum atomic E-state index is 10.8. The second kappa shape index (κ2) is 3.49. The summed E-state index contributed by atoms with van der Waals surface area (Å²) in [5.74, 6) is 0. The molecule has 1 rings (SSSR count). The lowest BCUT2D eigenvalue weighted by Gasteiger charge is -2.05. The molecule has 0 atom stereocenters. The second-order valence-corrected chi connectivity index (χ2v) is 3.71. The van der Waals surface area contributed by atoms with Crippen molar-refractivity contribution in [3.05, 3.63) is 22.2 Å². The van der Waals surface area contributed by atoms with Crippen LogP contribution < -0.4 is 0 Å². The van der Waals surface area contributed by atoms with Crippen LogP contribution in [-0.2, 0) is 4.79 Å². The highest BCUT2D eigenvalue weighted by molar-refractivity contribution is 9.18. The fraction of sp³-hybridized carbons (Fsp3) is 0.286. The number of hydrogen-bond acceptors (Lipinski definition) is 1. The molecule has 0 bridgehead atoms. The van der Waals surface area contributed by atoms with Crippen LogP contribution in [0.4, 0.5) is 0 Å². The Hall–Kier alpha value is 0.110. The normalized spacial score (nSPS) is 17.8. The molecule has 0 spiro atoms. The van der Waals surface area contributed by atoms with Crippen LogP contribution in [0, 0.1) is 0 Å². The molecule has 0 saturated heterocycles. The summed E-state index contributed by atoms with van der Waals surface area (Å²) in [6.45, 7) is 0. The predicted octanol–water partition coefficient (Wildman–Crippen LogP) is 2.91. The van der Waals surface area contributed by atoms with Crippen LogP contribution in [0.3, 0.4) is 0 Å². The molecular formula is C7H6Br2O. The summed E-state index contributed by atoms with van der Waals surface area (Å²) in [6, 6.07) is 0. The Morgan fingerprint density at radius 2 is 2.30 bits per heavy atom. The van der Waals surface area contributed by atoms with Crippen molar-refractivity contribution in [3.8, 4) is 0 Å². The summed E-state index contributed by atoms with van der Waals surface area (Å²) >= 11 is 6.23. The number of halogens is 2. The fourth-order valence-corrected chi connectivity index (χ4v) is 1.99. The third kappa shape index (κ3) is 1.80. The smallest absolute Gasteiger partial charge is 0.228 e. The fourth-order valence-electron chi connectivity index (χ4n) is 0.808. The molecule has 3 heteroatoms. The van der Waals surface area contributed by atoms with Gasteiger partial charge in [-0.05, 0) is 28.8 Å². The molecule has 1 aliphatic rings. The molecule has 0 saturated carbocycles. The predicted molar refractivity (Wildman–Crippen MR) is 48.3 cm³/mol. The van der Waals surface area contributed by atoms with E-state index in [9.17, 15) is 4.79 Å². The van der Waals surface area contributed by atoms with Gasteiger partial charge in [-0.3, -0.25) is 4.79 Å². The van der Waals surface area contributed by atoms with Crippen LogP contribution in [0.15, 0.2) is 22.2 Å². The molecule has 1 nitrogen and oxygen atoms in total. The van der Waals surface area contributed by atoms with E-state index in [0.717, 1.165) is 22.9 Å². The summed E-state index contributed by atoms with van der Waals surface area (Å²) in [7, 11) is 0. The van der Waals surface area contributed by atoms with Crippen LogP contribution in [0.2, 0.25) is 0 Å². The first kappa shape index (κ1) is 8.21. The monoisotopic (exact) mass is 264 g/mol. The molecule has 0 radical (unpaired) electrons. The van der Waals surface area contributed by atoms with Crippen molar-refractivity contribution in [1.29, 1.82) is 0 Å². The zero-order valence-electron chi connectivity index (χ0n) is 5.23. The first-order valence-corrected chi connectivity index (χ1v) is 4.55. The minimum absolute atomic E-state index is 0.0460. The Bertz CT molecular complexity index is 216. The molecule has 0 fully saturated rings. The largest absolute Gasteiger partial charge is 0.281 e. The van der Waals surface area contributed by atoms with Crippen LogP contribution in [0.25, 0.3) is 0 Å². The summed E-state index contributed by atoms with van der Waals surface area (Å²) in [6.07, 6.45) is 5.79. The molecule has 0 amide bonds. The first-order valence-electron chi connectivity index (χ1n) is 2.97. The van der Waals surface area contributed by atoms with Gasteiger partial charge in [-0.1, -0.05) is 28.1 Å². The molecule has 54 valence electrons. The number of carbonyl (C=O) groups excluding carboxylic acids is 1. The molecule has 10 heavy (non-hydrogen) atoms. The quantitative estimate of drug-likeness (QED) is 0.667. The molecule has 1 aliphatic carbocycles. The molecular weight excluding hydrogens is 260 g/mol. The zero-order chi connectivity index (χ0) is 7.56. The van der Waals surface area contributed by atoms with Crippen LogP contribution in [0.1, 0.15) is 12.8 Å². The highest BCUT2D eigenvalue weighted by Gasteiger charge is 2.09. The minimum atomic E-state index is -0.0460. The summed E-state index contributed by atoms with van der Waals surface area (Å²) in [5.41, 5.74) is 0.742. The number of hydrogen-bond donors (Lipinski definition) is 0. The third-order valence-electron chi connectivity index (χ3n) is 1.32. The van der Waals surface area contributed by atoms with Crippen molar-refractivity contribution in [1.82, 2.24) is 0 Å². The molecule has 0 heterocycles. The van der Waals surface area contributed by atoms with E-state index in [4.69, 9.17) is 0 Å². The van der Waals surface area contributed by atoms with Gasteiger partial charge in [0.2, 0.25) is 4.69 Å². The van der Waals surface area contributed by atoms with Gasteiger partial charge in [-0.15, -0.1) is 0 Å². The van der Waals surface area contributed by atoms with E-state index in [2.05, 4.69) is 31.9 Å². The summed E-state index contributed by atoms with van der Waals surface area (Å²) in [5, 5.41) is 0. The Morgan fingerprint density at radius 3 is 2.70 bits per heavy atom. The Balaban J connectivity index is 2.90. The van der Waals surface area contributed by atoms with E-state index in [0.29, 0.717) is 0 Å². The van der Waals surface area contributed by atoms with Crippen molar-refractivity contribution in [2.45, 2.75) is 12.8 Å². The molecule has 0 aromatic heterocycles. The second-order valence-electron chi connectivity index (χ2n) is 2.03. The van der Waals surface area contributed by atoms with Crippen molar-refractivity contribution >= 4 is 36.6 Å². The maximum absolute atomic E-state index is 10.8. The van der Waals surface area contributed by atoms with Gasteiger partial charge in [0.15, 0.2) is 0 Å². The van der Waals surface area contributed by atoms with Crippen molar-refractivity contribution < 1.29 is 4.79 Å². The van der Waals surface area contributed by atoms with Crippen molar-refractivity contribution in [3.63, 3.8) is 0 Å². The van der Waals surface area contributed by atoms with Gasteiger partial charge in [0, 0.05) is 10.1 Å². The van der Waals surface area contributed by atoms with Crippen molar-refractivity contribution in [2.24, 2.45) is 0 Å². The average molecular weight is 266 g/mol. The standard InChI is InChI=1S/C7H6Br2O/c8-6-4-2-1-3-5(6)7(9)10/h1,3H,2,4H2. The van der Waals surface area contributed by atoms with Gasteiger partial charge >= 0.3 is 0 Å². The van der Waals surface area contributed by atoms with Gasteiger partial charge in [0.1, 0.15) is 0 Å². The van der Waals surface area contributed by atoms with E-state index in [1.165, 1.54) is 0 Å². The van der Waals surface area contributed by atoms with E-state index in [1.807, 2.05) is 12.2 Å². The van der Waals surface area contributed by atoms with E-state index >= 15 is 0 Å². The van der Waals surface area contributed by atoms with E-state index in [-0.39, 0.29) is 4.69 Å². The molecule has 0 aromatic rings. The van der Waals surface area contributed by atoms with Crippen LogP contribution in [-0.4, -0.2) is 4.69 Å². The number of carbonyl (C=O) groups is 1. The lowest BCUT2D eigenvalue weighted by molar-refractivity contribution is -0.107.